The molecule has 128 valence electrons. The average molecular weight is 342 g/mol. The summed E-state index contributed by atoms with van der Waals surface area (Å²) < 4.78 is 52.3. The van der Waals surface area contributed by atoms with Crippen molar-refractivity contribution < 1.29 is 32.2 Å². The monoisotopic (exact) mass is 342 g/mol. The first-order valence-corrected chi connectivity index (χ1v) is 6.71. The summed E-state index contributed by atoms with van der Waals surface area (Å²) in [7, 11) is 1.25. The van der Waals surface area contributed by atoms with Crippen LogP contribution in [0.2, 0.25) is 0 Å². The van der Waals surface area contributed by atoms with Crippen LogP contribution in [0.5, 0.6) is 17.5 Å². The van der Waals surface area contributed by atoms with Crippen LogP contribution in [0.15, 0.2) is 36.7 Å². The fourth-order valence-electron chi connectivity index (χ4n) is 1.63. The molecule has 2 rings (SSSR count). The van der Waals surface area contributed by atoms with E-state index in [1.54, 1.807) is 0 Å². The SMILES string of the molecule is COC(=O)C(C)Oc1ccc(Oc2ncc(C(F)(F)F)cn2)cc1. The molecule has 2 aromatic rings. The van der Waals surface area contributed by atoms with Crippen LogP contribution in [-0.4, -0.2) is 29.2 Å². The summed E-state index contributed by atoms with van der Waals surface area (Å²) >= 11 is 0. The number of ether oxygens (including phenoxy) is 3. The Labute approximate surface area is 135 Å². The first-order chi connectivity index (χ1) is 11.3. The summed E-state index contributed by atoms with van der Waals surface area (Å²) in [5, 5.41) is 0. The number of nitrogens with zero attached hydrogens (tertiary/aromatic N) is 2. The summed E-state index contributed by atoms with van der Waals surface area (Å²) in [5.41, 5.74) is -0.963. The first kappa shape index (κ1) is 17.5. The smallest absolute Gasteiger partial charge is 0.419 e. The van der Waals surface area contributed by atoms with Crippen LogP contribution < -0.4 is 9.47 Å². The van der Waals surface area contributed by atoms with Gasteiger partial charge in [0.25, 0.3) is 0 Å². The zero-order chi connectivity index (χ0) is 17.7. The molecule has 1 heterocycles. The Hall–Kier alpha value is -2.84. The molecule has 0 N–H and O–H groups in total. The normalized spacial score (nSPS) is 12.4. The molecule has 0 fully saturated rings. The van der Waals surface area contributed by atoms with E-state index in [9.17, 15) is 18.0 Å². The zero-order valence-corrected chi connectivity index (χ0v) is 12.7. The molecule has 6 nitrogen and oxygen atoms in total. The van der Waals surface area contributed by atoms with E-state index in [1.165, 1.54) is 38.3 Å². The molecule has 0 amide bonds. The molecule has 1 aromatic carbocycles. The van der Waals surface area contributed by atoms with Gasteiger partial charge in [0, 0.05) is 12.4 Å². The van der Waals surface area contributed by atoms with E-state index in [0.29, 0.717) is 23.9 Å². The highest BCUT2D eigenvalue weighted by molar-refractivity contribution is 5.74. The highest BCUT2D eigenvalue weighted by atomic mass is 19.4. The highest BCUT2D eigenvalue weighted by Gasteiger charge is 2.31. The maximum atomic E-state index is 12.4. The van der Waals surface area contributed by atoms with Crippen LogP contribution >= 0.6 is 0 Å². The number of aromatic nitrogens is 2. The number of halogens is 3. The van der Waals surface area contributed by atoms with Gasteiger partial charge in [-0.1, -0.05) is 0 Å². The largest absolute Gasteiger partial charge is 0.479 e. The van der Waals surface area contributed by atoms with E-state index >= 15 is 0 Å². The number of rotatable bonds is 5. The number of alkyl halides is 3. The molecule has 0 aliphatic heterocycles. The van der Waals surface area contributed by atoms with Gasteiger partial charge in [-0.15, -0.1) is 0 Å². The first-order valence-electron chi connectivity index (χ1n) is 6.71. The Morgan fingerprint density at radius 1 is 1.08 bits per heavy atom. The van der Waals surface area contributed by atoms with Gasteiger partial charge in [-0.05, 0) is 31.2 Å². The minimum absolute atomic E-state index is 0.223. The Kier molecular flexibility index (Phi) is 5.22. The van der Waals surface area contributed by atoms with Crippen LogP contribution in [0, 0.1) is 0 Å². The topological polar surface area (TPSA) is 70.5 Å². The second-order valence-electron chi connectivity index (χ2n) is 4.61. The molecule has 1 atom stereocenters. The summed E-state index contributed by atoms with van der Waals surface area (Å²) in [5.74, 6) is 0.176. The molecule has 9 heteroatoms. The molecule has 1 aromatic heterocycles. The number of benzene rings is 1. The van der Waals surface area contributed by atoms with E-state index < -0.39 is 23.8 Å². The second-order valence-corrected chi connectivity index (χ2v) is 4.61. The minimum Gasteiger partial charge on any atom is -0.479 e. The van der Waals surface area contributed by atoms with E-state index in [2.05, 4.69) is 14.7 Å². The van der Waals surface area contributed by atoms with Gasteiger partial charge in [0.2, 0.25) is 0 Å². The Bertz CT molecular complexity index is 687. The standard InChI is InChI=1S/C15H13F3N2O4/c1-9(13(21)22-2)23-11-3-5-12(6-4-11)24-14-19-7-10(8-20-14)15(16,17)18/h3-9H,1-2H3. The summed E-state index contributed by atoms with van der Waals surface area (Å²) in [6.07, 6.45) is -4.01. The average Bonchev–Trinajstić information content (AvgIpc) is 2.55. The predicted molar refractivity (Wildman–Crippen MR) is 75.7 cm³/mol. The third kappa shape index (κ3) is 4.58. The summed E-state index contributed by atoms with van der Waals surface area (Å²) in [4.78, 5) is 18.3. The molecular formula is C15H13F3N2O4. The van der Waals surface area contributed by atoms with Gasteiger partial charge in [-0.3, -0.25) is 0 Å². The molecule has 0 saturated heterocycles. The molecule has 0 bridgehead atoms. The molecule has 0 spiro atoms. The lowest BCUT2D eigenvalue weighted by molar-refractivity contribution is -0.148. The van der Waals surface area contributed by atoms with E-state index in [0.717, 1.165) is 0 Å². The van der Waals surface area contributed by atoms with E-state index in [4.69, 9.17) is 9.47 Å². The zero-order valence-electron chi connectivity index (χ0n) is 12.7. The van der Waals surface area contributed by atoms with Crippen molar-refractivity contribution >= 4 is 5.97 Å². The van der Waals surface area contributed by atoms with Gasteiger partial charge in [-0.2, -0.15) is 13.2 Å². The molecule has 0 aliphatic rings. The van der Waals surface area contributed by atoms with Crippen molar-refractivity contribution in [2.24, 2.45) is 0 Å². The van der Waals surface area contributed by atoms with Crippen LogP contribution in [0.1, 0.15) is 12.5 Å². The van der Waals surface area contributed by atoms with Gasteiger partial charge in [-0.25, -0.2) is 14.8 Å². The molecule has 24 heavy (non-hydrogen) atoms. The number of esters is 1. The number of carbonyl (C=O) groups excluding carboxylic acids is 1. The molecule has 0 radical (unpaired) electrons. The third-order valence-corrected chi connectivity index (χ3v) is 2.83. The van der Waals surface area contributed by atoms with Crippen molar-refractivity contribution in [1.82, 2.24) is 9.97 Å². The van der Waals surface area contributed by atoms with Crippen molar-refractivity contribution in [3.8, 4) is 17.5 Å². The third-order valence-electron chi connectivity index (χ3n) is 2.83. The van der Waals surface area contributed by atoms with Gasteiger partial charge in [0.05, 0.1) is 12.7 Å². The van der Waals surface area contributed by atoms with Crippen LogP contribution in [0.25, 0.3) is 0 Å². The van der Waals surface area contributed by atoms with Crippen LogP contribution in [0.4, 0.5) is 13.2 Å². The van der Waals surface area contributed by atoms with Crippen molar-refractivity contribution in [3.63, 3.8) is 0 Å². The van der Waals surface area contributed by atoms with Gasteiger partial charge in [0.1, 0.15) is 11.5 Å². The number of carbonyl (C=O) groups is 1. The van der Waals surface area contributed by atoms with Gasteiger partial charge in [0.15, 0.2) is 6.10 Å². The minimum atomic E-state index is -4.51. The number of hydrogen-bond acceptors (Lipinski definition) is 6. The summed E-state index contributed by atoms with van der Waals surface area (Å²) in [6, 6.07) is 5.83. The van der Waals surface area contributed by atoms with Crippen molar-refractivity contribution in [2.75, 3.05) is 7.11 Å². The predicted octanol–water partition coefficient (Wildman–Crippen LogP) is 3.23. The number of methoxy groups -OCH3 is 1. The fourth-order valence-corrected chi connectivity index (χ4v) is 1.63. The van der Waals surface area contributed by atoms with Crippen molar-refractivity contribution in [3.05, 3.63) is 42.2 Å². The maximum absolute atomic E-state index is 12.4. The van der Waals surface area contributed by atoms with Crippen molar-refractivity contribution in [2.45, 2.75) is 19.2 Å². The molecule has 0 aliphatic carbocycles. The van der Waals surface area contributed by atoms with Crippen LogP contribution in [0.3, 0.4) is 0 Å². The highest BCUT2D eigenvalue weighted by Crippen LogP contribution is 2.29. The second kappa shape index (κ2) is 7.16. The maximum Gasteiger partial charge on any atom is 0.419 e. The van der Waals surface area contributed by atoms with Crippen molar-refractivity contribution in [1.29, 1.82) is 0 Å². The quantitative estimate of drug-likeness (QED) is 0.777. The Morgan fingerprint density at radius 3 is 2.12 bits per heavy atom. The molecule has 1 unspecified atom stereocenters. The van der Waals surface area contributed by atoms with E-state index in [-0.39, 0.29) is 6.01 Å². The Morgan fingerprint density at radius 2 is 1.62 bits per heavy atom. The Balaban J connectivity index is 2.00. The number of hydrogen-bond donors (Lipinski definition) is 0. The van der Waals surface area contributed by atoms with Crippen LogP contribution in [-0.2, 0) is 15.7 Å². The van der Waals surface area contributed by atoms with Gasteiger partial charge < -0.3 is 14.2 Å². The molecular weight excluding hydrogens is 329 g/mol. The lowest BCUT2D eigenvalue weighted by Crippen LogP contribution is -2.24. The molecule has 0 saturated carbocycles. The van der Waals surface area contributed by atoms with E-state index in [1.807, 2.05) is 0 Å². The lowest BCUT2D eigenvalue weighted by atomic mass is 10.3. The fraction of sp³-hybridized carbons (Fsp3) is 0.267. The lowest BCUT2D eigenvalue weighted by Gasteiger charge is -2.12. The summed E-state index contributed by atoms with van der Waals surface area (Å²) in [6.45, 7) is 1.53. The van der Waals surface area contributed by atoms with Gasteiger partial charge >= 0.3 is 18.2 Å².